The van der Waals surface area contributed by atoms with Crippen LogP contribution < -0.4 is 20.3 Å². The summed E-state index contributed by atoms with van der Waals surface area (Å²) < 4.78 is 23.3. The topological polar surface area (TPSA) is 123 Å². The highest BCUT2D eigenvalue weighted by Gasteiger charge is 2.30. The molecule has 0 bridgehead atoms. The highest BCUT2D eigenvalue weighted by atomic mass is 19.1. The average Bonchev–Trinajstić information content (AvgIpc) is 3.37. The Morgan fingerprint density at radius 2 is 2.02 bits per heavy atom. The van der Waals surface area contributed by atoms with Gasteiger partial charge in [0.15, 0.2) is 11.6 Å². The third kappa shape index (κ3) is 5.06. The zero-order valence-corrected chi connectivity index (χ0v) is 23.5. The summed E-state index contributed by atoms with van der Waals surface area (Å²) in [7, 11) is 1.81. The molecule has 4 heterocycles. The molecule has 6 rings (SSSR count). The molecular weight excluding hydrogens is 537 g/mol. The SMILES string of the molecule is C=CC(=O)N[C@@H]1CCCN(c2ccc3ncnc(Nc4ccc(Oc5ccc6c(c5)nnn6C)c(C)c4F)c3n2)[C@@H]1C. The first kappa shape index (κ1) is 27.1. The number of halogens is 1. The van der Waals surface area contributed by atoms with Crippen molar-refractivity contribution in [2.45, 2.75) is 38.8 Å². The number of rotatable bonds is 7. The minimum absolute atomic E-state index is 0.0101. The van der Waals surface area contributed by atoms with Crippen LogP contribution in [0.3, 0.4) is 0 Å². The van der Waals surface area contributed by atoms with Crippen LogP contribution in [-0.2, 0) is 11.8 Å². The normalized spacial score (nSPS) is 16.9. The molecule has 214 valence electrons. The van der Waals surface area contributed by atoms with E-state index in [1.54, 1.807) is 35.9 Å². The Hall–Kier alpha value is -5.13. The second-order valence-electron chi connectivity index (χ2n) is 10.3. The van der Waals surface area contributed by atoms with E-state index in [0.717, 1.165) is 30.7 Å². The van der Waals surface area contributed by atoms with Gasteiger partial charge in [0.25, 0.3) is 0 Å². The standard InChI is InChI=1S/C30H30FN9O2/c1-5-27(41)34-20-7-6-14-40(18(20)3)26-13-10-22-29(36-26)30(33-16-32-22)35-21-9-12-25(17(2)28(21)31)42-19-8-11-24-23(15-19)37-38-39(24)4/h5,8-13,15-16,18,20H,1,6-7,14H2,2-4H3,(H,34,41)(H,32,33,35)/t18-,20-/m1/s1. The molecule has 3 aromatic heterocycles. The maximum absolute atomic E-state index is 15.6. The van der Waals surface area contributed by atoms with Gasteiger partial charge in [-0.05, 0) is 69.2 Å². The van der Waals surface area contributed by atoms with Crippen LogP contribution in [0.5, 0.6) is 11.5 Å². The van der Waals surface area contributed by atoms with E-state index in [1.165, 1.54) is 12.4 Å². The van der Waals surface area contributed by atoms with Crippen LogP contribution in [-0.4, -0.2) is 54.5 Å². The molecule has 0 saturated carbocycles. The van der Waals surface area contributed by atoms with Crippen LogP contribution in [0, 0.1) is 12.7 Å². The minimum Gasteiger partial charge on any atom is -0.457 e. The number of ether oxygens (including phenoxy) is 1. The molecule has 2 aromatic carbocycles. The number of aromatic nitrogens is 6. The van der Waals surface area contributed by atoms with Crippen molar-refractivity contribution in [3.8, 4) is 11.5 Å². The van der Waals surface area contributed by atoms with Crippen LogP contribution in [0.4, 0.5) is 21.7 Å². The summed E-state index contributed by atoms with van der Waals surface area (Å²) in [5.74, 6) is 1.35. The molecule has 1 aliphatic heterocycles. The van der Waals surface area contributed by atoms with E-state index in [1.807, 2.05) is 25.2 Å². The summed E-state index contributed by atoms with van der Waals surface area (Å²) in [4.78, 5) is 27.7. The highest BCUT2D eigenvalue weighted by Crippen LogP contribution is 2.34. The van der Waals surface area contributed by atoms with Gasteiger partial charge in [0.05, 0.1) is 16.7 Å². The van der Waals surface area contributed by atoms with Gasteiger partial charge < -0.3 is 20.3 Å². The van der Waals surface area contributed by atoms with Crippen LogP contribution >= 0.6 is 0 Å². The molecule has 0 aliphatic carbocycles. The molecule has 5 aromatic rings. The molecule has 1 aliphatic rings. The second kappa shape index (κ2) is 11.0. The largest absolute Gasteiger partial charge is 0.457 e. The van der Waals surface area contributed by atoms with E-state index >= 15 is 4.39 Å². The Kier molecular flexibility index (Phi) is 7.11. The molecule has 12 heteroatoms. The molecule has 11 nitrogen and oxygen atoms in total. The lowest BCUT2D eigenvalue weighted by Gasteiger charge is -2.40. The summed E-state index contributed by atoms with van der Waals surface area (Å²) in [6.45, 7) is 8.06. The first-order valence-corrected chi connectivity index (χ1v) is 13.7. The zero-order chi connectivity index (χ0) is 29.4. The number of amides is 1. The Morgan fingerprint density at radius 3 is 2.86 bits per heavy atom. The van der Waals surface area contributed by atoms with Gasteiger partial charge in [-0.25, -0.2) is 24.0 Å². The van der Waals surface area contributed by atoms with Crippen molar-refractivity contribution in [3.05, 3.63) is 72.8 Å². The van der Waals surface area contributed by atoms with Crippen LogP contribution in [0.1, 0.15) is 25.3 Å². The van der Waals surface area contributed by atoms with Crippen molar-refractivity contribution >= 4 is 45.3 Å². The van der Waals surface area contributed by atoms with Crippen molar-refractivity contribution in [3.63, 3.8) is 0 Å². The van der Waals surface area contributed by atoms with Crippen molar-refractivity contribution in [1.29, 1.82) is 0 Å². The average molecular weight is 568 g/mol. The van der Waals surface area contributed by atoms with Crippen molar-refractivity contribution in [2.75, 3.05) is 16.8 Å². The predicted molar refractivity (Wildman–Crippen MR) is 159 cm³/mol. The van der Waals surface area contributed by atoms with E-state index in [0.29, 0.717) is 39.4 Å². The van der Waals surface area contributed by atoms with Gasteiger partial charge in [-0.3, -0.25) is 4.79 Å². The van der Waals surface area contributed by atoms with Crippen molar-refractivity contribution in [1.82, 2.24) is 35.3 Å². The third-order valence-corrected chi connectivity index (χ3v) is 7.66. The lowest BCUT2D eigenvalue weighted by Crippen LogP contribution is -2.54. The fourth-order valence-electron chi connectivity index (χ4n) is 5.30. The molecule has 1 saturated heterocycles. The van der Waals surface area contributed by atoms with E-state index < -0.39 is 5.82 Å². The van der Waals surface area contributed by atoms with Crippen molar-refractivity contribution in [2.24, 2.45) is 7.05 Å². The number of pyridine rings is 1. The van der Waals surface area contributed by atoms with Gasteiger partial charge in [-0.2, -0.15) is 0 Å². The highest BCUT2D eigenvalue weighted by molar-refractivity contribution is 5.89. The molecular formula is C30H30FN9O2. The number of piperidine rings is 1. The predicted octanol–water partition coefficient (Wildman–Crippen LogP) is 4.95. The van der Waals surface area contributed by atoms with Gasteiger partial charge in [0, 0.05) is 37.3 Å². The Morgan fingerprint density at radius 1 is 1.17 bits per heavy atom. The number of nitrogens with one attached hydrogen (secondary N) is 2. The summed E-state index contributed by atoms with van der Waals surface area (Å²) in [6, 6.07) is 12.5. The smallest absolute Gasteiger partial charge is 0.243 e. The van der Waals surface area contributed by atoms with Gasteiger partial charge in [0.2, 0.25) is 5.91 Å². The molecule has 1 amide bonds. The third-order valence-electron chi connectivity index (χ3n) is 7.66. The zero-order valence-electron chi connectivity index (χ0n) is 23.5. The number of aryl methyl sites for hydroxylation is 1. The summed E-state index contributed by atoms with van der Waals surface area (Å²) in [5, 5.41) is 14.2. The lowest BCUT2D eigenvalue weighted by molar-refractivity contribution is -0.117. The lowest BCUT2D eigenvalue weighted by atomic mass is 9.97. The molecule has 0 spiro atoms. The number of hydrogen-bond acceptors (Lipinski definition) is 9. The first-order chi connectivity index (χ1) is 20.3. The second-order valence-corrected chi connectivity index (χ2v) is 10.3. The molecule has 1 fully saturated rings. The van der Waals surface area contributed by atoms with Crippen LogP contribution in [0.15, 0.2) is 61.4 Å². The maximum Gasteiger partial charge on any atom is 0.243 e. The Balaban J connectivity index is 1.26. The monoisotopic (exact) mass is 567 g/mol. The molecule has 2 N–H and O–H groups in total. The van der Waals surface area contributed by atoms with Gasteiger partial charge in [-0.15, -0.1) is 5.10 Å². The molecule has 42 heavy (non-hydrogen) atoms. The number of hydrogen-bond donors (Lipinski definition) is 2. The number of fused-ring (bicyclic) bond motifs is 2. The summed E-state index contributed by atoms with van der Waals surface area (Å²) in [6.07, 6.45) is 4.47. The first-order valence-electron chi connectivity index (χ1n) is 13.7. The number of anilines is 3. The molecule has 2 atom stereocenters. The maximum atomic E-state index is 15.6. The van der Waals surface area contributed by atoms with E-state index in [2.05, 4.69) is 49.3 Å². The fraction of sp³-hybridized carbons (Fsp3) is 0.267. The number of carbonyl (C=O) groups is 1. The number of benzene rings is 2. The van der Waals surface area contributed by atoms with E-state index in [4.69, 9.17) is 9.72 Å². The van der Waals surface area contributed by atoms with Crippen LogP contribution in [0.25, 0.3) is 22.1 Å². The summed E-state index contributed by atoms with van der Waals surface area (Å²) in [5.41, 5.74) is 3.25. The van der Waals surface area contributed by atoms with Crippen LogP contribution in [0.2, 0.25) is 0 Å². The Labute approximate surface area is 241 Å². The number of nitrogens with zero attached hydrogens (tertiary/aromatic N) is 7. The summed E-state index contributed by atoms with van der Waals surface area (Å²) >= 11 is 0. The van der Waals surface area contributed by atoms with Gasteiger partial charge in [0.1, 0.15) is 34.7 Å². The van der Waals surface area contributed by atoms with Gasteiger partial charge >= 0.3 is 0 Å². The Bertz CT molecular complexity index is 1820. The van der Waals surface area contributed by atoms with E-state index in [-0.39, 0.29) is 23.7 Å². The molecule has 0 unspecified atom stereocenters. The quantitative estimate of drug-likeness (QED) is 0.263. The fourth-order valence-corrected chi connectivity index (χ4v) is 5.30. The minimum atomic E-state index is -0.471. The van der Waals surface area contributed by atoms with E-state index in [9.17, 15) is 4.79 Å². The number of carbonyl (C=O) groups excluding carboxylic acids is 1. The van der Waals surface area contributed by atoms with Gasteiger partial charge in [-0.1, -0.05) is 11.8 Å². The molecule has 0 radical (unpaired) electrons. The van der Waals surface area contributed by atoms with Crippen molar-refractivity contribution < 1.29 is 13.9 Å².